The summed E-state index contributed by atoms with van der Waals surface area (Å²) in [6.07, 6.45) is 3.18. The van der Waals surface area contributed by atoms with Crippen LogP contribution in [-0.2, 0) is 12.6 Å². The van der Waals surface area contributed by atoms with Gasteiger partial charge in [-0.25, -0.2) is 4.79 Å². The molecule has 6 heteroatoms. The second-order valence-corrected chi connectivity index (χ2v) is 5.15. The molecule has 0 amide bonds. The van der Waals surface area contributed by atoms with Crippen LogP contribution < -0.4 is 0 Å². The molecule has 2 heterocycles. The van der Waals surface area contributed by atoms with Crippen molar-refractivity contribution in [2.45, 2.75) is 26.3 Å². The van der Waals surface area contributed by atoms with E-state index >= 15 is 0 Å². The number of aromatic carboxylic acids is 1. The fraction of sp³-hybridized carbons (Fsp3) is 0.417. The van der Waals surface area contributed by atoms with Gasteiger partial charge in [-0.2, -0.15) is 10.2 Å². The fourth-order valence-electron chi connectivity index (χ4n) is 1.67. The number of carboxylic acids is 1. The molecule has 0 radical (unpaired) electrons. The van der Waals surface area contributed by atoms with Crippen LogP contribution in [0, 0.1) is 0 Å². The summed E-state index contributed by atoms with van der Waals surface area (Å²) in [6.45, 7) is 5.91. The van der Waals surface area contributed by atoms with E-state index in [9.17, 15) is 9.90 Å². The zero-order chi connectivity index (χ0) is 13.5. The van der Waals surface area contributed by atoms with Gasteiger partial charge >= 0.3 is 5.97 Å². The molecule has 96 valence electrons. The van der Waals surface area contributed by atoms with Crippen molar-refractivity contribution in [3.8, 4) is 11.4 Å². The Balaban J connectivity index is 2.63. The highest BCUT2D eigenvalue weighted by molar-refractivity contribution is 5.94. The van der Waals surface area contributed by atoms with E-state index in [0.29, 0.717) is 11.4 Å². The van der Waals surface area contributed by atoms with Crippen molar-refractivity contribution < 1.29 is 9.90 Å². The van der Waals surface area contributed by atoms with E-state index in [0.717, 1.165) is 0 Å². The Bertz CT molecular complexity index is 589. The number of aryl methyl sites for hydroxylation is 1. The number of hydrogen-bond donors (Lipinski definition) is 1. The minimum atomic E-state index is -0.985. The summed E-state index contributed by atoms with van der Waals surface area (Å²) in [7, 11) is 1.76. The van der Waals surface area contributed by atoms with Gasteiger partial charge in [0.1, 0.15) is 11.3 Å². The van der Waals surface area contributed by atoms with Crippen LogP contribution in [0.3, 0.4) is 0 Å². The fourth-order valence-corrected chi connectivity index (χ4v) is 1.67. The lowest BCUT2D eigenvalue weighted by Gasteiger charge is -2.18. The molecule has 0 saturated heterocycles. The Morgan fingerprint density at radius 2 is 2.06 bits per heavy atom. The largest absolute Gasteiger partial charge is 0.478 e. The van der Waals surface area contributed by atoms with Crippen LogP contribution in [-0.4, -0.2) is 30.6 Å². The molecule has 0 saturated carbocycles. The van der Waals surface area contributed by atoms with E-state index in [1.165, 1.54) is 0 Å². The maximum Gasteiger partial charge on any atom is 0.339 e. The summed E-state index contributed by atoms with van der Waals surface area (Å²) < 4.78 is 3.28. The van der Waals surface area contributed by atoms with Crippen LogP contribution in [0.15, 0.2) is 18.5 Å². The van der Waals surface area contributed by atoms with Gasteiger partial charge in [-0.3, -0.25) is 9.36 Å². The molecule has 0 unspecified atom stereocenters. The second-order valence-electron chi connectivity index (χ2n) is 5.15. The van der Waals surface area contributed by atoms with Gasteiger partial charge in [-0.1, -0.05) is 0 Å². The third-order valence-corrected chi connectivity index (χ3v) is 2.70. The first-order valence-electron chi connectivity index (χ1n) is 5.62. The number of hydrogen-bond acceptors (Lipinski definition) is 3. The van der Waals surface area contributed by atoms with Crippen LogP contribution in [0.4, 0.5) is 0 Å². The van der Waals surface area contributed by atoms with E-state index in [1.807, 2.05) is 20.8 Å². The normalized spacial score (nSPS) is 11.8. The molecule has 0 aliphatic rings. The zero-order valence-electron chi connectivity index (χ0n) is 10.9. The van der Waals surface area contributed by atoms with Crippen molar-refractivity contribution in [3.05, 3.63) is 24.0 Å². The predicted molar refractivity (Wildman–Crippen MR) is 66.4 cm³/mol. The smallest absolute Gasteiger partial charge is 0.339 e. The van der Waals surface area contributed by atoms with Crippen molar-refractivity contribution in [1.82, 2.24) is 19.6 Å². The van der Waals surface area contributed by atoms with E-state index < -0.39 is 5.97 Å². The first-order valence-corrected chi connectivity index (χ1v) is 5.62. The molecule has 0 fully saturated rings. The first kappa shape index (κ1) is 12.3. The van der Waals surface area contributed by atoms with Gasteiger partial charge in [0, 0.05) is 19.4 Å². The summed E-state index contributed by atoms with van der Waals surface area (Å²) in [5.74, 6) is -0.985. The van der Waals surface area contributed by atoms with Gasteiger partial charge in [0.15, 0.2) is 0 Å². The standard InChI is InChI=1S/C12H16N4O2/c1-12(2,3)16-7-8(11(17)18)10(14-16)9-5-6-13-15(9)4/h5-7H,1-4H3,(H,17,18). The van der Waals surface area contributed by atoms with Crippen molar-refractivity contribution in [3.63, 3.8) is 0 Å². The highest BCUT2D eigenvalue weighted by Crippen LogP contribution is 2.24. The number of rotatable bonds is 2. The third-order valence-electron chi connectivity index (χ3n) is 2.70. The SMILES string of the molecule is Cn1nccc1-c1nn(C(C)(C)C)cc1C(=O)O. The van der Waals surface area contributed by atoms with Crippen LogP contribution in [0.5, 0.6) is 0 Å². The molecule has 0 aromatic carbocycles. The van der Waals surface area contributed by atoms with Gasteiger partial charge in [0.2, 0.25) is 0 Å². The average Bonchev–Trinajstić information content (AvgIpc) is 2.81. The molecule has 0 atom stereocenters. The number of nitrogens with zero attached hydrogens (tertiary/aromatic N) is 4. The lowest BCUT2D eigenvalue weighted by atomic mass is 10.1. The molecule has 6 nitrogen and oxygen atoms in total. The predicted octanol–water partition coefficient (Wildman–Crippen LogP) is 1.74. The Morgan fingerprint density at radius 1 is 1.39 bits per heavy atom. The Labute approximate surface area is 105 Å². The van der Waals surface area contributed by atoms with Crippen LogP contribution >= 0.6 is 0 Å². The van der Waals surface area contributed by atoms with Crippen molar-refractivity contribution in [2.75, 3.05) is 0 Å². The molecule has 0 bridgehead atoms. The first-order chi connectivity index (χ1) is 8.30. The summed E-state index contributed by atoms with van der Waals surface area (Å²) in [5.41, 5.74) is 1.06. The Morgan fingerprint density at radius 3 is 2.50 bits per heavy atom. The molecule has 18 heavy (non-hydrogen) atoms. The summed E-state index contributed by atoms with van der Waals surface area (Å²) in [6, 6.07) is 1.75. The second kappa shape index (κ2) is 3.97. The van der Waals surface area contributed by atoms with Crippen LogP contribution in [0.2, 0.25) is 0 Å². The monoisotopic (exact) mass is 248 g/mol. The van der Waals surface area contributed by atoms with Crippen LogP contribution in [0.1, 0.15) is 31.1 Å². The zero-order valence-corrected chi connectivity index (χ0v) is 10.9. The number of aromatic nitrogens is 4. The molecule has 0 aliphatic carbocycles. The maximum atomic E-state index is 11.3. The van der Waals surface area contributed by atoms with E-state index in [2.05, 4.69) is 10.2 Å². The van der Waals surface area contributed by atoms with Gasteiger partial charge in [0.05, 0.1) is 11.2 Å². The highest BCUT2D eigenvalue weighted by Gasteiger charge is 2.23. The molecule has 1 N–H and O–H groups in total. The average molecular weight is 248 g/mol. The molecular formula is C12H16N4O2. The Kier molecular flexibility index (Phi) is 2.73. The van der Waals surface area contributed by atoms with Gasteiger partial charge in [-0.15, -0.1) is 0 Å². The van der Waals surface area contributed by atoms with E-state index in [-0.39, 0.29) is 11.1 Å². The minimum Gasteiger partial charge on any atom is -0.478 e. The quantitative estimate of drug-likeness (QED) is 0.878. The maximum absolute atomic E-state index is 11.3. The van der Waals surface area contributed by atoms with Crippen LogP contribution in [0.25, 0.3) is 11.4 Å². The minimum absolute atomic E-state index is 0.188. The molecule has 0 aliphatic heterocycles. The molecule has 0 spiro atoms. The molecule has 2 aromatic heterocycles. The summed E-state index contributed by atoms with van der Waals surface area (Å²) >= 11 is 0. The van der Waals surface area contributed by atoms with Gasteiger partial charge in [-0.05, 0) is 26.8 Å². The molecule has 2 rings (SSSR count). The molecular weight excluding hydrogens is 232 g/mol. The van der Waals surface area contributed by atoms with Crippen molar-refractivity contribution in [2.24, 2.45) is 7.05 Å². The van der Waals surface area contributed by atoms with Crippen molar-refractivity contribution in [1.29, 1.82) is 0 Å². The lowest BCUT2D eigenvalue weighted by Crippen LogP contribution is -2.22. The van der Waals surface area contributed by atoms with E-state index in [1.54, 1.807) is 34.9 Å². The summed E-state index contributed by atoms with van der Waals surface area (Å²) in [5, 5.41) is 17.7. The van der Waals surface area contributed by atoms with Gasteiger partial charge < -0.3 is 5.11 Å². The van der Waals surface area contributed by atoms with E-state index in [4.69, 9.17) is 0 Å². The summed E-state index contributed by atoms with van der Waals surface area (Å²) in [4.78, 5) is 11.3. The topological polar surface area (TPSA) is 72.9 Å². The third kappa shape index (κ3) is 2.01. The van der Waals surface area contributed by atoms with Crippen molar-refractivity contribution >= 4 is 5.97 Å². The lowest BCUT2D eigenvalue weighted by molar-refractivity contribution is 0.0697. The number of carbonyl (C=O) groups is 1. The molecule has 2 aromatic rings. The number of carboxylic acid groups (broad SMARTS) is 1. The highest BCUT2D eigenvalue weighted by atomic mass is 16.4. The Hall–Kier alpha value is -2.11. The van der Waals surface area contributed by atoms with Gasteiger partial charge in [0.25, 0.3) is 0 Å².